The number of carbonyl (C=O) groups excluding carboxylic acids is 1. The Morgan fingerprint density at radius 3 is 3.08 bits per heavy atom. The van der Waals surface area contributed by atoms with Crippen LogP contribution >= 0.6 is 0 Å². The van der Waals surface area contributed by atoms with E-state index in [9.17, 15) is 4.79 Å². The lowest BCUT2D eigenvalue weighted by atomic mass is 10.2. The highest BCUT2D eigenvalue weighted by atomic mass is 16.5. The van der Waals surface area contributed by atoms with Crippen LogP contribution < -0.4 is 5.32 Å². The molecule has 136 valence electrons. The predicted molar refractivity (Wildman–Crippen MR) is 98.2 cm³/mol. The third kappa shape index (κ3) is 3.36. The van der Waals surface area contributed by atoms with Gasteiger partial charge in [0.2, 0.25) is 0 Å². The van der Waals surface area contributed by atoms with Gasteiger partial charge in [0.25, 0.3) is 5.91 Å². The van der Waals surface area contributed by atoms with E-state index in [0.29, 0.717) is 11.4 Å². The molecule has 2 aromatic heterocycles. The van der Waals surface area contributed by atoms with Gasteiger partial charge in [-0.2, -0.15) is 0 Å². The maximum absolute atomic E-state index is 12.1. The number of ether oxygens (including phenoxy) is 1. The molecule has 7 nitrogen and oxygen atoms in total. The second-order valence-corrected chi connectivity index (χ2v) is 6.44. The normalized spacial score (nSPS) is 14.5. The largest absolute Gasteiger partial charge is 0.459 e. The number of furan rings is 1. The average molecular weight is 354 g/mol. The quantitative estimate of drug-likeness (QED) is 0.689. The molecule has 0 unspecified atom stereocenters. The number of imidazole rings is 1. The zero-order valence-electron chi connectivity index (χ0n) is 14.8. The van der Waals surface area contributed by atoms with E-state index in [1.54, 1.807) is 19.2 Å². The van der Waals surface area contributed by atoms with Crippen LogP contribution in [0.5, 0.6) is 0 Å². The minimum atomic E-state index is -0.261. The Labute approximate surface area is 151 Å². The summed E-state index contributed by atoms with van der Waals surface area (Å²) in [6.07, 6.45) is 2.51. The van der Waals surface area contributed by atoms with Crippen molar-refractivity contribution in [1.82, 2.24) is 14.5 Å². The van der Waals surface area contributed by atoms with E-state index in [1.165, 1.54) is 6.26 Å². The van der Waals surface area contributed by atoms with E-state index in [-0.39, 0.29) is 5.91 Å². The number of rotatable bonds is 6. The number of amides is 1. The molecule has 3 aromatic rings. The topological polar surface area (TPSA) is 72.5 Å². The average Bonchev–Trinajstić information content (AvgIpc) is 3.29. The molecule has 1 aliphatic heterocycles. The summed E-state index contributed by atoms with van der Waals surface area (Å²) in [4.78, 5) is 19.3. The summed E-state index contributed by atoms with van der Waals surface area (Å²) in [6, 6.07) is 9.17. The molecule has 1 aliphatic rings. The molecule has 0 radical (unpaired) electrons. The van der Waals surface area contributed by atoms with Crippen molar-refractivity contribution in [3.8, 4) is 0 Å². The molecule has 0 saturated carbocycles. The smallest absolute Gasteiger partial charge is 0.291 e. The van der Waals surface area contributed by atoms with Gasteiger partial charge in [0, 0.05) is 39.0 Å². The van der Waals surface area contributed by atoms with Gasteiger partial charge >= 0.3 is 0 Å². The van der Waals surface area contributed by atoms with Gasteiger partial charge in [-0.15, -0.1) is 0 Å². The van der Waals surface area contributed by atoms with Gasteiger partial charge in [0.05, 0.1) is 23.8 Å². The molecular formula is C19H22N4O3. The summed E-state index contributed by atoms with van der Waals surface area (Å²) >= 11 is 0. The molecule has 0 bridgehead atoms. The molecule has 4 rings (SSSR count). The first kappa shape index (κ1) is 16.8. The van der Waals surface area contributed by atoms with Gasteiger partial charge in [-0.3, -0.25) is 9.69 Å². The second kappa shape index (κ2) is 7.31. The second-order valence-electron chi connectivity index (χ2n) is 6.44. The summed E-state index contributed by atoms with van der Waals surface area (Å²) in [6.45, 7) is 4.58. The van der Waals surface area contributed by atoms with Crippen LogP contribution in [0.2, 0.25) is 0 Å². The molecule has 0 saturated heterocycles. The summed E-state index contributed by atoms with van der Waals surface area (Å²) in [5.74, 6) is 1.10. The monoisotopic (exact) mass is 354 g/mol. The zero-order valence-corrected chi connectivity index (χ0v) is 14.8. The minimum Gasteiger partial charge on any atom is -0.459 e. The minimum absolute atomic E-state index is 0.261. The van der Waals surface area contributed by atoms with E-state index in [4.69, 9.17) is 14.1 Å². The predicted octanol–water partition coefficient (Wildman–Crippen LogP) is 2.73. The summed E-state index contributed by atoms with van der Waals surface area (Å²) < 4.78 is 12.5. The Kier molecular flexibility index (Phi) is 4.73. The van der Waals surface area contributed by atoms with Crippen molar-refractivity contribution in [2.75, 3.05) is 32.1 Å². The number of hydrogen-bond acceptors (Lipinski definition) is 5. The fourth-order valence-corrected chi connectivity index (χ4v) is 3.37. The highest BCUT2D eigenvalue weighted by molar-refractivity contribution is 6.03. The lowest BCUT2D eigenvalue weighted by Gasteiger charge is -2.27. The fraction of sp³-hybridized carbons (Fsp3) is 0.368. The van der Waals surface area contributed by atoms with Crippen molar-refractivity contribution in [2.45, 2.75) is 19.5 Å². The van der Waals surface area contributed by atoms with E-state index >= 15 is 0 Å². The van der Waals surface area contributed by atoms with Gasteiger partial charge in [-0.05, 0) is 36.8 Å². The number of hydrogen-bond donors (Lipinski definition) is 1. The molecule has 1 aromatic carbocycles. The van der Waals surface area contributed by atoms with Gasteiger partial charge < -0.3 is 19.0 Å². The Morgan fingerprint density at radius 2 is 2.27 bits per heavy atom. The number of nitrogens with zero attached hydrogens (tertiary/aromatic N) is 3. The fourth-order valence-electron chi connectivity index (χ4n) is 3.37. The maximum atomic E-state index is 12.1. The number of aromatic nitrogens is 2. The molecule has 7 heteroatoms. The molecule has 3 heterocycles. The highest BCUT2D eigenvalue weighted by Crippen LogP contribution is 2.24. The Hall–Kier alpha value is -2.64. The lowest BCUT2D eigenvalue weighted by molar-refractivity contribution is 0.0996. The van der Waals surface area contributed by atoms with Crippen LogP contribution in [0.4, 0.5) is 5.69 Å². The highest BCUT2D eigenvalue weighted by Gasteiger charge is 2.20. The summed E-state index contributed by atoms with van der Waals surface area (Å²) in [5.41, 5.74) is 2.72. The van der Waals surface area contributed by atoms with E-state index < -0.39 is 0 Å². The number of fused-ring (bicyclic) bond motifs is 3. The molecule has 0 spiro atoms. The Morgan fingerprint density at radius 1 is 1.35 bits per heavy atom. The molecule has 1 amide bonds. The number of benzene rings is 1. The first-order chi connectivity index (χ1) is 12.7. The SMILES string of the molecule is COCCCN1CCn2c(nc3cc(NC(=O)c4ccco4)ccc32)C1. The molecule has 0 aliphatic carbocycles. The third-order valence-corrected chi connectivity index (χ3v) is 4.66. The number of nitrogens with one attached hydrogen (secondary N) is 1. The van der Waals surface area contributed by atoms with E-state index in [1.807, 2.05) is 18.2 Å². The van der Waals surface area contributed by atoms with Crippen molar-refractivity contribution < 1.29 is 13.9 Å². The molecular weight excluding hydrogens is 332 g/mol. The molecule has 0 atom stereocenters. The maximum Gasteiger partial charge on any atom is 0.291 e. The van der Waals surface area contributed by atoms with Gasteiger partial charge in [-0.1, -0.05) is 0 Å². The van der Waals surface area contributed by atoms with Crippen LogP contribution in [-0.2, 0) is 17.8 Å². The van der Waals surface area contributed by atoms with Crippen molar-refractivity contribution in [3.05, 3.63) is 48.2 Å². The standard InChI is InChI=1S/C19H22N4O3/c1-25-10-3-7-22-8-9-23-16-6-5-14(12-15(16)21-18(23)13-22)20-19(24)17-4-2-11-26-17/h2,4-6,11-12H,3,7-10,13H2,1H3,(H,20,24). The van der Waals surface area contributed by atoms with Crippen LogP contribution in [0.25, 0.3) is 11.0 Å². The van der Waals surface area contributed by atoms with Crippen molar-refractivity contribution in [3.63, 3.8) is 0 Å². The Balaban J connectivity index is 1.50. The lowest BCUT2D eigenvalue weighted by Crippen LogP contribution is -2.34. The number of anilines is 1. The summed E-state index contributed by atoms with van der Waals surface area (Å²) in [7, 11) is 1.73. The molecule has 1 N–H and O–H groups in total. The summed E-state index contributed by atoms with van der Waals surface area (Å²) in [5, 5.41) is 2.85. The first-order valence-corrected chi connectivity index (χ1v) is 8.80. The van der Waals surface area contributed by atoms with Crippen LogP contribution in [0.15, 0.2) is 41.0 Å². The van der Waals surface area contributed by atoms with Crippen LogP contribution in [0.1, 0.15) is 22.8 Å². The molecule has 0 fully saturated rings. The van der Waals surface area contributed by atoms with Crippen LogP contribution in [-0.4, -0.2) is 47.2 Å². The van der Waals surface area contributed by atoms with E-state index in [2.05, 4.69) is 14.8 Å². The van der Waals surface area contributed by atoms with Gasteiger partial charge in [0.1, 0.15) is 5.82 Å². The molecule has 26 heavy (non-hydrogen) atoms. The van der Waals surface area contributed by atoms with Gasteiger partial charge in [0.15, 0.2) is 5.76 Å². The van der Waals surface area contributed by atoms with Crippen LogP contribution in [0, 0.1) is 0 Å². The Bertz CT molecular complexity index is 901. The van der Waals surface area contributed by atoms with Crippen molar-refractivity contribution in [2.24, 2.45) is 0 Å². The van der Waals surface area contributed by atoms with Crippen molar-refractivity contribution >= 4 is 22.6 Å². The van der Waals surface area contributed by atoms with Gasteiger partial charge in [-0.25, -0.2) is 4.98 Å². The zero-order chi connectivity index (χ0) is 17.9. The van der Waals surface area contributed by atoms with Crippen LogP contribution in [0.3, 0.4) is 0 Å². The number of methoxy groups -OCH3 is 1. The van der Waals surface area contributed by atoms with Crippen molar-refractivity contribution in [1.29, 1.82) is 0 Å². The van der Waals surface area contributed by atoms with E-state index in [0.717, 1.165) is 56.1 Å². The third-order valence-electron chi connectivity index (χ3n) is 4.66. The number of carbonyl (C=O) groups is 1. The first-order valence-electron chi connectivity index (χ1n) is 8.80.